The Kier molecular flexibility index (Phi) is 6.10. The van der Waals surface area contributed by atoms with Gasteiger partial charge in [0.2, 0.25) is 5.91 Å². The molecule has 30 heavy (non-hydrogen) atoms. The van der Waals surface area contributed by atoms with Crippen LogP contribution in [0.25, 0.3) is 11.1 Å². The largest absolute Gasteiger partial charge is 0.480 e. The molecule has 7 heteroatoms. The smallest absolute Gasteiger partial charge is 0.407 e. The molecule has 0 aliphatic heterocycles. The number of carboxylic acids is 1. The molecule has 1 aliphatic carbocycles. The van der Waals surface area contributed by atoms with Crippen molar-refractivity contribution in [1.82, 2.24) is 10.6 Å². The fourth-order valence-corrected chi connectivity index (χ4v) is 3.48. The summed E-state index contributed by atoms with van der Waals surface area (Å²) in [6.07, 6.45) is -0.621. The predicted octanol–water partition coefficient (Wildman–Crippen LogP) is 3.14. The Labute approximate surface area is 175 Å². The quantitative estimate of drug-likeness (QED) is 0.650. The third-order valence-corrected chi connectivity index (χ3v) is 5.35. The Bertz CT molecular complexity index is 924. The van der Waals surface area contributed by atoms with Crippen molar-refractivity contribution >= 4 is 18.0 Å². The lowest BCUT2D eigenvalue weighted by Crippen LogP contribution is -2.49. The van der Waals surface area contributed by atoms with E-state index in [4.69, 9.17) is 9.84 Å². The van der Waals surface area contributed by atoms with Crippen LogP contribution < -0.4 is 10.6 Å². The van der Waals surface area contributed by atoms with Crippen molar-refractivity contribution in [3.63, 3.8) is 0 Å². The maximum atomic E-state index is 12.3. The third kappa shape index (κ3) is 4.45. The summed E-state index contributed by atoms with van der Waals surface area (Å²) in [5.41, 5.74) is 3.54. The van der Waals surface area contributed by atoms with E-state index in [9.17, 15) is 14.4 Å². The van der Waals surface area contributed by atoms with Gasteiger partial charge in [-0.1, -0.05) is 48.5 Å². The standard InChI is InChI=1S/C23H26N2O5/c1-14(20(26)27)25-21(28)23(2,3)13-24-22(29)30-12-19-17-10-6-4-8-15(17)16-9-5-7-11-18(16)19/h4-11,14,19H,12-13H2,1-3H3,(H,24,29)(H,25,28)(H,26,27)/t14-/m1/s1. The van der Waals surface area contributed by atoms with Crippen molar-refractivity contribution in [3.05, 3.63) is 59.7 Å². The number of fused-ring (bicyclic) bond motifs is 3. The molecule has 2 aromatic carbocycles. The van der Waals surface area contributed by atoms with Crippen LogP contribution in [0.5, 0.6) is 0 Å². The van der Waals surface area contributed by atoms with E-state index in [1.54, 1.807) is 13.8 Å². The Morgan fingerprint density at radius 1 is 1.03 bits per heavy atom. The molecule has 0 aromatic heterocycles. The van der Waals surface area contributed by atoms with Gasteiger partial charge in [0.25, 0.3) is 0 Å². The molecule has 0 unspecified atom stereocenters. The summed E-state index contributed by atoms with van der Waals surface area (Å²) in [5.74, 6) is -1.63. The molecule has 2 amide bonds. The molecular formula is C23H26N2O5. The van der Waals surface area contributed by atoms with Crippen molar-refractivity contribution in [3.8, 4) is 11.1 Å². The zero-order chi connectivity index (χ0) is 21.9. The third-order valence-electron chi connectivity index (χ3n) is 5.35. The van der Waals surface area contributed by atoms with E-state index in [2.05, 4.69) is 22.8 Å². The number of alkyl carbamates (subject to hydrolysis) is 1. The number of carbonyl (C=O) groups is 3. The first-order chi connectivity index (χ1) is 14.2. The van der Waals surface area contributed by atoms with Gasteiger partial charge < -0.3 is 20.5 Å². The van der Waals surface area contributed by atoms with Gasteiger partial charge in [0.15, 0.2) is 0 Å². The number of benzene rings is 2. The molecule has 7 nitrogen and oxygen atoms in total. The molecule has 0 saturated carbocycles. The van der Waals surface area contributed by atoms with Crippen molar-refractivity contribution in [1.29, 1.82) is 0 Å². The van der Waals surface area contributed by atoms with Crippen molar-refractivity contribution in [2.45, 2.75) is 32.7 Å². The number of amides is 2. The molecule has 3 rings (SSSR count). The Morgan fingerprint density at radius 2 is 1.57 bits per heavy atom. The lowest BCUT2D eigenvalue weighted by molar-refractivity contribution is -0.142. The van der Waals surface area contributed by atoms with E-state index in [1.165, 1.54) is 6.92 Å². The summed E-state index contributed by atoms with van der Waals surface area (Å²) in [7, 11) is 0. The SMILES string of the molecule is C[C@@H](NC(=O)C(C)(C)CNC(=O)OCC1c2ccccc2-c2ccccc21)C(=O)O. The van der Waals surface area contributed by atoms with Gasteiger partial charge in [0.05, 0.1) is 5.41 Å². The normalized spacial score (nSPS) is 13.7. The fourth-order valence-electron chi connectivity index (χ4n) is 3.48. The van der Waals surface area contributed by atoms with Gasteiger partial charge in [-0.05, 0) is 43.0 Å². The van der Waals surface area contributed by atoms with Gasteiger partial charge in [-0.25, -0.2) is 4.79 Å². The first-order valence-corrected chi connectivity index (χ1v) is 9.83. The summed E-state index contributed by atoms with van der Waals surface area (Å²) >= 11 is 0. The lowest BCUT2D eigenvalue weighted by Gasteiger charge is -2.25. The molecule has 2 aromatic rings. The van der Waals surface area contributed by atoms with Crippen LogP contribution in [0.4, 0.5) is 4.79 Å². The van der Waals surface area contributed by atoms with Crippen LogP contribution in [0, 0.1) is 5.41 Å². The minimum atomic E-state index is -1.12. The first-order valence-electron chi connectivity index (χ1n) is 9.83. The Morgan fingerprint density at radius 3 is 2.10 bits per heavy atom. The fraction of sp³-hybridized carbons (Fsp3) is 0.348. The average Bonchev–Trinajstić information content (AvgIpc) is 3.04. The van der Waals surface area contributed by atoms with E-state index < -0.39 is 29.4 Å². The van der Waals surface area contributed by atoms with E-state index >= 15 is 0 Å². The summed E-state index contributed by atoms with van der Waals surface area (Å²) < 4.78 is 5.46. The molecule has 3 N–H and O–H groups in total. The number of carboxylic acid groups (broad SMARTS) is 1. The van der Waals surface area contributed by atoms with E-state index in [0.29, 0.717) is 0 Å². The second-order valence-electron chi connectivity index (χ2n) is 8.10. The maximum Gasteiger partial charge on any atom is 0.407 e. The predicted molar refractivity (Wildman–Crippen MR) is 112 cm³/mol. The summed E-state index contributed by atoms with van der Waals surface area (Å²) in [6.45, 7) is 4.83. The molecule has 0 fully saturated rings. The minimum absolute atomic E-state index is 0.0157. The number of ether oxygens (including phenoxy) is 1. The number of nitrogens with one attached hydrogen (secondary N) is 2. The lowest BCUT2D eigenvalue weighted by atomic mass is 9.92. The van der Waals surface area contributed by atoms with Crippen LogP contribution in [0.15, 0.2) is 48.5 Å². The summed E-state index contributed by atoms with van der Waals surface area (Å²) in [4.78, 5) is 35.4. The number of carbonyl (C=O) groups excluding carboxylic acids is 2. The molecule has 0 bridgehead atoms. The van der Waals surface area contributed by atoms with Crippen LogP contribution in [-0.2, 0) is 14.3 Å². The maximum absolute atomic E-state index is 12.3. The molecule has 158 valence electrons. The van der Waals surface area contributed by atoms with E-state index in [1.807, 2.05) is 36.4 Å². The topological polar surface area (TPSA) is 105 Å². The van der Waals surface area contributed by atoms with Crippen molar-refractivity contribution in [2.75, 3.05) is 13.2 Å². The second kappa shape index (κ2) is 8.57. The highest BCUT2D eigenvalue weighted by molar-refractivity contribution is 5.87. The van der Waals surface area contributed by atoms with Gasteiger partial charge in [0.1, 0.15) is 12.6 Å². The molecule has 0 spiro atoms. The highest BCUT2D eigenvalue weighted by Crippen LogP contribution is 2.44. The number of aliphatic carboxylic acids is 1. The van der Waals surface area contributed by atoms with Crippen LogP contribution in [0.3, 0.4) is 0 Å². The van der Waals surface area contributed by atoms with E-state index in [-0.39, 0.29) is 19.1 Å². The van der Waals surface area contributed by atoms with Gasteiger partial charge in [-0.3, -0.25) is 9.59 Å². The Balaban J connectivity index is 1.58. The number of hydrogen-bond donors (Lipinski definition) is 3. The molecule has 0 heterocycles. The van der Waals surface area contributed by atoms with Crippen LogP contribution in [0.1, 0.15) is 37.8 Å². The van der Waals surface area contributed by atoms with Gasteiger partial charge in [-0.15, -0.1) is 0 Å². The van der Waals surface area contributed by atoms with Gasteiger partial charge in [-0.2, -0.15) is 0 Å². The summed E-state index contributed by atoms with van der Waals surface area (Å²) in [5, 5.41) is 13.9. The monoisotopic (exact) mass is 410 g/mol. The molecule has 0 saturated heterocycles. The van der Waals surface area contributed by atoms with E-state index in [0.717, 1.165) is 22.3 Å². The highest BCUT2D eigenvalue weighted by atomic mass is 16.5. The average molecular weight is 410 g/mol. The van der Waals surface area contributed by atoms with Crippen LogP contribution in [-0.4, -0.2) is 42.3 Å². The molecule has 1 aliphatic rings. The molecular weight excluding hydrogens is 384 g/mol. The van der Waals surface area contributed by atoms with Crippen LogP contribution >= 0.6 is 0 Å². The summed E-state index contributed by atoms with van der Waals surface area (Å²) in [6, 6.07) is 15.1. The van der Waals surface area contributed by atoms with Crippen molar-refractivity contribution in [2.24, 2.45) is 5.41 Å². The highest BCUT2D eigenvalue weighted by Gasteiger charge is 2.32. The minimum Gasteiger partial charge on any atom is -0.480 e. The van der Waals surface area contributed by atoms with Gasteiger partial charge >= 0.3 is 12.1 Å². The van der Waals surface area contributed by atoms with Crippen LogP contribution in [0.2, 0.25) is 0 Å². The zero-order valence-electron chi connectivity index (χ0n) is 17.3. The number of rotatable bonds is 7. The second-order valence-corrected chi connectivity index (χ2v) is 8.10. The zero-order valence-corrected chi connectivity index (χ0v) is 17.3. The molecule has 1 atom stereocenters. The molecule has 0 radical (unpaired) electrons. The first kappa shape index (κ1) is 21.4. The van der Waals surface area contributed by atoms with Gasteiger partial charge in [0, 0.05) is 12.5 Å². The Hall–Kier alpha value is -3.35. The van der Waals surface area contributed by atoms with Crippen molar-refractivity contribution < 1.29 is 24.2 Å². The number of hydrogen-bond acceptors (Lipinski definition) is 4.